The number of nitrogen functional groups attached to an aromatic ring is 1. The smallest absolute Gasteiger partial charge is 0.110 e. The van der Waals surface area contributed by atoms with Gasteiger partial charge in [0.25, 0.3) is 0 Å². The van der Waals surface area contributed by atoms with E-state index in [4.69, 9.17) is 10.7 Å². The molecule has 3 aromatic rings. The molecule has 3 rings (SSSR count). The summed E-state index contributed by atoms with van der Waals surface area (Å²) < 4.78 is 2.08. The van der Waals surface area contributed by atoms with Gasteiger partial charge in [0, 0.05) is 17.4 Å². The predicted octanol–water partition coefficient (Wildman–Crippen LogP) is 3.51. The molecule has 0 atom stereocenters. The zero-order chi connectivity index (χ0) is 13.6. The van der Waals surface area contributed by atoms with Gasteiger partial charge in [-0.1, -0.05) is 18.2 Å². The van der Waals surface area contributed by atoms with E-state index in [0.717, 1.165) is 22.7 Å². The minimum Gasteiger partial charge on any atom is -0.399 e. The minimum atomic E-state index is 0.763. The van der Waals surface area contributed by atoms with Crippen molar-refractivity contribution < 1.29 is 0 Å². The molecule has 19 heavy (non-hydrogen) atoms. The van der Waals surface area contributed by atoms with Crippen LogP contribution in [0.2, 0.25) is 0 Å². The topological polar surface area (TPSA) is 43.3 Å². The minimum absolute atomic E-state index is 0.763. The third-order valence-electron chi connectivity index (χ3n) is 3.70. The maximum Gasteiger partial charge on any atom is 0.110 e. The molecule has 1 aromatic carbocycles. The number of pyridine rings is 1. The van der Waals surface area contributed by atoms with Gasteiger partial charge in [0.15, 0.2) is 0 Å². The van der Waals surface area contributed by atoms with Crippen molar-refractivity contribution in [2.24, 2.45) is 0 Å². The molecule has 0 saturated heterocycles. The average molecular weight is 251 g/mol. The van der Waals surface area contributed by atoms with E-state index < -0.39 is 0 Å². The van der Waals surface area contributed by atoms with E-state index in [1.807, 2.05) is 25.3 Å². The van der Waals surface area contributed by atoms with Gasteiger partial charge in [-0.15, -0.1) is 0 Å². The second kappa shape index (κ2) is 4.12. The number of nitrogens with two attached hydrogens (primary N) is 1. The fourth-order valence-corrected chi connectivity index (χ4v) is 2.46. The zero-order valence-corrected chi connectivity index (χ0v) is 11.4. The fourth-order valence-electron chi connectivity index (χ4n) is 2.46. The molecule has 0 radical (unpaired) electrons. The van der Waals surface area contributed by atoms with Crippen LogP contribution in [0.3, 0.4) is 0 Å². The summed E-state index contributed by atoms with van der Waals surface area (Å²) in [5, 5.41) is 0. The summed E-state index contributed by atoms with van der Waals surface area (Å²) in [6, 6.07) is 10.2. The number of aromatic nitrogens is 2. The average Bonchev–Trinajstić information content (AvgIpc) is 2.70. The van der Waals surface area contributed by atoms with E-state index in [-0.39, 0.29) is 0 Å². The molecule has 3 heteroatoms. The normalized spacial score (nSPS) is 11.1. The molecule has 0 spiro atoms. The van der Waals surface area contributed by atoms with Crippen LogP contribution in [0.5, 0.6) is 0 Å². The Morgan fingerprint density at radius 3 is 2.68 bits per heavy atom. The molecule has 0 aliphatic rings. The van der Waals surface area contributed by atoms with E-state index in [0.29, 0.717) is 0 Å². The molecule has 0 unspecified atom stereocenters. The van der Waals surface area contributed by atoms with Crippen LogP contribution >= 0.6 is 0 Å². The number of imidazole rings is 1. The van der Waals surface area contributed by atoms with E-state index >= 15 is 0 Å². The number of aryl methyl sites for hydroxylation is 2. The summed E-state index contributed by atoms with van der Waals surface area (Å²) in [5.41, 5.74) is 12.5. The van der Waals surface area contributed by atoms with Gasteiger partial charge in [-0.25, -0.2) is 4.98 Å². The molecule has 3 nitrogen and oxygen atoms in total. The molecule has 0 aliphatic carbocycles. The van der Waals surface area contributed by atoms with Gasteiger partial charge in [-0.3, -0.25) is 0 Å². The maximum absolute atomic E-state index is 5.91. The third kappa shape index (κ3) is 1.78. The Balaban J connectivity index is 2.37. The summed E-state index contributed by atoms with van der Waals surface area (Å²) >= 11 is 0. The lowest BCUT2D eigenvalue weighted by Gasteiger charge is -2.07. The Kier molecular flexibility index (Phi) is 2.56. The number of rotatable bonds is 1. The van der Waals surface area contributed by atoms with Crippen LogP contribution in [-0.2, 0) is 0 Å². The lowest BCUT2D eigenvalue weighted by atomic mass is 10.0. The molecule has 0 bridgehead atoms. The van der Waals surface area contributed by atoms with Crippen LogP contribution in [0.4, 0.5) is 5.69 Å². The first kappa shape index (κ1) is 11.8. The molecule has 0 saturated carbocycles. The Labute approximate surface area is 112 Å². The molecule has 0 amide bonds. The third-order valence-corrected chi connectivity index (χ3v) is 3.70. The Morgan fingerprint density at radius 2 is 1.89 bits per heavy atom. The number of benzene rings is 1. The molecule has 2 heterocycles. The van der Waals surface area contributed by atoms with Gasteiger partial charge >= 0.3 is 0 Å². The highest BCUT2D eigenvalue weighted by atomic mass is 15.0. The van der Waals surface area contributed by atoms with Crippen molar-refractivity contribution in [2.75, 3.05) is 5.73 Å². The summed E-state index contributed by atoms with van der Waals surface area (Å²) in [7, 11) is 0. The Morgan fingerprint density at radius 1 is 1.11 bits per heavy atom. The van der Waals surface area contributed by atoms with Crippen molar-refractivity contribution in [1.29, 1.82) is 0 Å². The van der Waals surface area contributed by atoms with Crippen molar-refractivity contribution in [1.82, 2.24) is 9.38 Å². The van der Waals surface area contributed by atoms with Crippen molar-refractivity contribution in [2.45, 2.75) is 20.8 Å². The van der Waals surface area contributed by atoms with Crippen LogP contribution in [0.1, 0.15) is 17.0 Å². The van der Waals surface area contributed by atoms with Crippen LogP contribution in [0.15, 0.2) is 36.5 Å². The van der Waals surface area contributed by atoms with Crippen LogP contribution in [0, 0.1) is 20.8 Å². The number of hydrogen-bond acceptors (Lipinski definition) is 2. The highest BCUT2D eigenvalue weighted by Gasteiger charge is 2.13. The zero-order valence-electron chi connectivity index (χ0n) is 11.4. The SMILES string of the molecule is Cc1cccc(-c2nc(C)n3ccc(N)cc23)c1C. The summed E-state index contributed by atoms with van der Waals surface area (Å²) in [4.78, 5) is 4.71. The first-order valence-corrected chi connectivity index (χ1v) is 6.38. The largest absolute Gasteiger partial charge is 0.399 e. The van der Waals surface area contributed by atoms with Gasteiger partial charge in [-0.2, -0.15) is 0 Å². The molecular weight excluding hydrogens is 234 g/mol. The van der Waals surface area contributed by atoms with Crippen molar-refractivity contribution in [3.05, 3.63) is 53.5 Å². The summed E-state index contributed by atoms with van der Waals surface area (Å²) in [6.07, 6.45) is 1.97. The lowest BCUT2D eigenvalue weighted by molar-refractivity contribution is 1.05. The lowest BCUT2D eigenvalue weighted by Crippen LogP contribution is -1.91. The molecule has 2 N–H and O–H groups in total. The number of anilines is 1. The molecular formula is C16H17N3. The standard InChI is InChI=1S/C16H17N3/c1-10-5-4-6-14(11(10)2)16-15-9-13(17)7-8-19(15)12(3)18-16/h4-9H,17H2,1-3H3. The Bertz CT molecular complexity index is 769. The van der Waals surface area contributed by atoms with Crippen LogP contribution < -0.4 is 5.73 Å². The van der Waals surface area contributed by atoms with Gasteiger partial charge < -0.3 is 10.1 Å². The number of hydrogen-bond donors (Lipinski definition) is 1. The van der Waals surface area contributed by atoms with Crippen molar-refractivity contribution in [3.63, 3.8) is 0 Å². The van der Waals surface area contributed by atoms with Gasteiger partial charge in [-0.05, 0) is 44.0 Å². The summed E-state index contributed by atoms with van der Waals surface area (Å²) in [6.45, 7) is 6.27. The maximum atomic E-state index is 5.91. The molecule has 96 valence electrons. The van der Waals surface area contributed by atoms with Crippen molar-refractivity contribution >= 4 is 11.2 Å². The van der Waals surface area contributed by atoms with E-state index in [2.05, 4.69) is 36.4 Å². The second-order valence-corrected chi connectivity index (χ2v) is 4.97. The second-order valence-electron chi connectivity index (χ2n) is 4.97. The molecule has 0 fully saturated rings. The van der Waals surface area contributed by atoms with Crippen LogP contribution in [0.25, 0.3) is 16.8 Å². The number of nitrogens with zero attached hydrogens (tertiary/aromatic N) is 2. The predicted molar refractivity (Wildman–Crippen MR) is 79.3 cm³/mol. The monoisotopic (exact) mass is 251 g/mol. The van der Waals surface area contributed by atoms with Gasteiger partial charge in [0.1, 0.15) is 5.82 Å². The van der Waals surface area contributed by atoms with E-state index in [1.165, 1.54) is 16.7 Å². The van der Waals surface area contributed by atoms with Gasteiger partial charge in [0.2, 0.25) is 0 Å². The fraction of sp³-hybridized carbons (Fsp3) is 0.188. The highest BCUT2D eigenvalue weighted by molar-refractivity contribution is 5.81. The van der Waals surface area contributed by atoms with E-state index in [9.17, 15) is 0 Å². The first-order valence-electron chi connectivity index (χ1n) is 6.38. The van der Waals surface area contributed by atoms with E-state index in [1.54, 1.807) is 0 Å². The Hall–Kier alpha value is -2.29. The van der Waals surface area contributed by atoms with Gasteiger partial charge in [0.05, 0.1) is 11.2 Å². The highest BCUT2D eigenvalue weighted by Crippen LogP contribution is 2.29. The van der Waals surface area contributed by atoms with Crippen molar-refractivity contribution in [3.8, 4) is 11.3 Å². The summed E-state index contributed by atoms with van der Waals surface area (Å²) in [5.74, 6) is 0.978. The van der Waals surface area contributed by atoms with Crippen LogP contribution in [-0.4, -0.2) is 9.38 Å². The molecule has 2 aromatic heterocycles. The number of fused-ring (bicyclic) bond motifs is 1. The first-order chi connectivity index (χ1) is 9.08. The quantitative estimate of drug-likeness (QED) is 0.719. The molecule has 0 aliphatic heterocycles.